The summed E-state index contributed by atoms with van der Waals surface area (Å²) in [7, 11) is 0. The third kappa shape index (κ3) is 6.99. The summed E-state index contributed by atoms with van der Waals surface area (Å²) in [5, 5.41) is 3.25. The molecule has 0 unspecified atom stereocenters. The first-order chi connectivity index (χ1) is 9.94. The zero-order valence-electron chi connectivity index (χ0n) is 13.0. The number of ether oxygens (including phenoxy) is 1. The average molecular weight is 292 g/mol. The van der Waals surface area contributed by atoms with Gasteiger partial charge in [0.05, 0.1) is 0 Å². The molecule has 1 aromatic rings. The summed E-state index contributed by atoms with van der Waals surface area (Å²) in [4.78, 5) is 25.5. The van der Waals surface area contributed by atoms with Gasteiger partial charge in [-0.25, -0.2) is 0 Å². The number of piperidine rings is 1. The lowest BCUT2D eigenvalue weighted by Crippen LogP contribution is -2.31. The highest BCUT2D eigenvalue weighted by Crippen LogP contribution is 2.17. The standard InChI is InChI=1S/C11H14N2O.C5H10O2/c14-11(9-3-6-12-7-4-9)10-2-1-5-13-8-10;1-5(2,3)7-4-6/h1-2,5,8-9,12H,3-4,6-7H2;4H,1-3H3. The minimum absolute atomic E-state index is 0.195. The normalized spacial score (nSPS) is 15.6. The molecule has 1 saturated heterocycles. The van der Waals surface area contributed by atoms with Gasteiger partial charge in [0.25, 0.3) is 6.47 Å². The van der Waals surface area contributed by atoms with E-state index in [1.807, 2.05) is 32.9 Å². The largest absolute Gasteiger partial charge is 0.462 e. The first kappa shape index (κ1) is 17.3. The van der Waals surface area contributed by atoms with Crippen molar-refractivity contribution in [1.82, 2.24) is 10.3 Å². The predicted octanol–water partition coefficient (Wildman–Crippen LogP) is 2.22. The van der Waals surface area contributed by atoms with Gasteiger partial charge in [0.1, 0.15) is 5.60 Å². The van der Waals surface area contributed by atoms with Crippen LogP contribution in [0.2, 0.25) is 0 Å². The molecule has 5 nitrogen and oxygen atoms in total. The molecule has 0 aromatic carbocycles. The van der Waals surface area contributed by atoms with E-state index >= 15 is 0 Å². The molecule has 0 aliphatic carbocycles. The van der Waals surface area contributed by atoms with Gasteiger partial charge in [-0.3, -0.25) is 14.6 Å². The van der Waals surface area contributed by atoms with Crippen molar-refractivity contribution < 1.29 is 14.3 Å². The molecule has 2 heterocycles. The van der Waals surface area contributed by atoms with Crippen molar-refractivity contribution in [2.45, 2.75) is 39.2 Å². The van der Waals surface area contributed by atoms with Gasteiger partial charge in [-0.2, -0.15) is 0 Å². The minimum Gasteiger partial charge on any atom is -0.462 e. The fraction of sp³-hybridized carbons (Fsp3) is 0.562. The number of ketones is 1. The Morgan fingerprint density at radius 3 is 2.48 bits per heavy atom. The third-order valence-corrected chi connectivity index (χ3v) is 3.06. The van der Waals surface area contributed by atoms with Gasteiger partial charge in [0.2, 0.25) is 0 Å². The van der Waals surface area contributed by atoms with Crippen LogP contribution in [0.4, 0.5) is 0 Å². The van der Waals surface area contributed by atoms with E-state index in [4.69, 9.17) is 0 Å². The van der Waals surface area contributed by atoms with Crippen LogP contribution in [0.1, 0.15) is 44.0 Å². The molecule has 1 fully saturated rings. The highest BCUT2D eigenvalue weighted by atomic mass is 16.5. The van der Waals surface area contributed by atoms with E-state index in [1.54, 1.807) is 12.4 Å². The molecule has 0 saturated carbocycles. The minimum atomic E-state index is -0.318. The number of rotatable bonds is 3. The molecule has 1 aromatic heterocycles. The molecule has 116 valence electrons. The molecule has 0 amide bonds. The van der Waals surface area contributed by atoms with Crippen LogP contribution in [0.25, 0.3) is 0 Å². The summed E-state index contributed by atoms with van der Waals surface area (Å²) in [5.74, 6) is 0.444. The lowest BCUT2D eigenvalue weighted by molar-refractivity contribution is -0.138. The molecule has 1 aliphatic heterocycles. The van der Waals surface area contributed by atoms with Crippen molar-refractivity contribution in [2.24, 2.45) is 5.92 Å². The molecule has 1 aliphatic rings. The Morgan fingerprint density at radius 2 is 2.05 bits per heavy atom. The van der Waals surface area contributed by atoms with Crippen LogP contribution in [0, 0.1) is 5.92 Å². The van der Waals surface area contributed by atoms with Gasteiger partial charge in [-0.05, 0) is 58.8 Å². The van der Waals surface area contributed by atoms with Crippen LogP contribution in [0.15, 0.2) is 24.5 Å². The number of hydrogen-bond donors (Lipinski definition) is 1. The SMILES string of the molecule is CC(C)(C)OC=O.O=C(c1cccnc1)C1CCNCC1. The number of pyridine rings is 1. The molecule has 0 spiro atoms. The number of Topliss-reactive ketones (excluding diaryl/α,β-unsaturated/α-hetero) is 1. The molecule has 2 rings (SSSR count). The van der Waals surface area contributed by atoms with Gasteiger partial charge in [-0.15, -0.1) is 0 Å². The van der Waals surface area contributed by atoms with Gasteiger partial charge in [-0.1, -0.05) is 0 Å². The maximum Gasteiger partial charge on any atom is 0.293 e. The summed E-state index contributed by atoms with van der Waals surface area (Å²) in [6, 6.07) is 3.66. The zero-order valence-corrected chi connectivity index (χ0v) is 13.0. The maximum absolute atomic E-state index is 11.9. The molecule has 0 atom stereocenters. The van der Waals surface area contributed by atoms with E-state index in [2.05, 4.69) is 15.0 Å². The van der Waals surface area contributed by atoms with E-state index in [0.717, 1.165) is 31.5 Å². The second kappa shape index (κ2) is 8.52. The number of nitrogens with zero attached hydrogens (tertiary/aromatic N) is 1. The quantitative estimate of drug-likeness (QED) is 0.683. The van der Waals surface area contributed by atoms with Crippen LogP contribution < -0.4 is 5.32 Å². The summed E-state index contributed by atoms with van der Waals surface area (Å²) < 4.78 is 4.55. The molecular weight excluding hydrogens is 268 g/mol. The average Bonchev–Trinajstić information content (AvgIpc) is 2.48. The van der Waals surface area contributed by atoms with Crippen molar-refractivity contribution in [2.75, 3.05) is 13.1 Å². The van der Waals surface area contributed by atoms with Crippen LogP contribution >= 0.6 is 0 Å². The Balaban J connectivity index is 0.000000270. The summed E-state index contributed by atoms with van der Waals surface area (Å²) >= 11 is 0. The number of nitrogens with one attached hydrogen (secondary N) is 1. The van der Waals surface area contributed by atoms with E-state index in [-0.39, 0.29) is 17.3 Å². The van der Waals surface area contributed by atoms with E-state index in [9.17, 15) is 9.59 Å². The van der Waals surface area contributed by atoms with Crippen LogP contribution in [0.3, 0.4) is 0 Å². The van der Waals surface area contributed by atoms with E-state index in [1.165, 1.54) is 0 Å². The van der Waals surface area contributed by atoms with Crippen molar-refractivity contribution in [3.05, 3.63) is 30.1 Å². The van der Waals surface area contributed by atoms with Crippen LogP contribution in [0.5, 0.6) is 0 Å². The van der Waals surface area contributed by atoms with Crippen molar-refractivity contribution in [3.63, 3.8) is 0 Å². The second-order valence-electron chi connectivity index (χ2n) is 5.96. The first-order valence-electron chi connectivity index (χ1n) is 7.20. The molecule has 0 bridgehead atoms. The Hall–Kier alpha value is -1.75. The molecule has 1 N–H and O–H groups in total. The van der Waals surface area contributed by atoms with Gasteiger partial charge in [0.15, 0.2) is 5.78 Å². The maximum atomic E-state index is 11.9. The first-order valence-corrected chi connectivity index (χ1v) is 7.20. The third-order valence-electron chi connectivity index (χ3n) is 3.06. The highest BCUT2D eigenvalue weighted by molar-refractivity contribution is 5.97. The predicted molar refractivity (Wildman–Crippen MR) is 81.1 cm³/mol. The number of aromatic nitrogens is 1. The summed E-state index contributed by atoms with van der Waals surface area (Å²) in [5.41, 5.74) is 0.432. The molecule has 0 radical (unpaired) electrons. The smallest absolute Gasteiger partial charge is 0.293 e. The number of hydrogen-bond acceptors (Lipinski definition) is 5. The molecular formula is C16H24N2O3. The highest BCUT2D eigenvalue weighted by Gasteiger charge is 2.21. The zero-order chi connectivity index (χ0) is 15.7. The lowest BCUT2D eigenvalue weighted by atomic mass is 9.90. The Morgan fingerprint density at radius 1 is 1.38 bits per heavy atom. The Kier molecular flexibility index (Phi) is 7.02. The summed E-state index contributed by atoms with van der Waals surface area (Å²) in [6.45, 7) is 7.83. The topological polar surface area (TPSA) is 68.3 Å². The van der Waals surface area contributed by atoms with Gasteiger partial charge >= 0.3 is 0 Å². The fourth-order valence-electron chi connectivity index (χ4n) is 1.97. The van der Waals surface area contributed by atoms with E-state index in [0.29, 0.717) is 6.47 Å². The van der Waals surface area contributed by atoms with E-state index < -0.39 is 0 Å². The van der Waals surface area contributed by atoms with Crippen molar-refractivity contribution in [1.29, 1.82) is 0 Å². The van der Waals surface area contributed by atoms with Crippen LogP contribution in [-0.2, 0) is 9.53 Å². The Labute approximate surface area is 126 Å². The molecule has 21 heavy (non-hydrogen) atoms. The number of carbonyl (C=O) groups excluding carboxylic acids is 2. The second-order valence-corrected chi connectivity index (χ2v) is 5.96. The van der Waals surface area contributed by atoms with Crippen LogP contribution in [-0.4, -0.2) is 35.9 Å². The van der Waals surface area contributed by atoms with Gasteiger partial charge < -0.3 is 10.1 Å². The summed E-state index contributed by atoms with van der Waals surface area (Å²) in [6.07, 6.45) is 5.25. The Bertz CT molecular complexity index is 435. The van der Waals surface area contributed by atoms with Crippen molar-refractivity contribution in [3.8, 4) is 0 Å². The van der Waals surface area contributed by atoms with Crippen molar-refractivity contribution >= 4 is 12.3 Å². The lowest BCUT2D eigenvalue weighted by Gasteiger charge is -2.21. The number of carbonyl (C=O) groups is 2. The van der Waals surface area contributed by atoms with Gasteiger partial charge in [0, 0.05) is 23.9 Å². The monoisotopic (exact) mass is 292 g/mol. The fourth-order valence-corrected chi connectivity index (χ4v) is 1.97. The molecule has 5 heteroatoms.